The van der Waals surface area contributed by atoms with Gasteiger partial charge in [0.05, 0.1) is 0 Å². The Balaban J connectivity index is 1.47. The number of likely N-dealkylation sites (tertiary alicyclic amines) is 2. The van der Waals surface area contributed by atoms with Crippen molar-refractivity contribution in [3.05, 3.63) is 35.9 Å². The Morgan fingerprint density at radius 2 is 2.00 bits per heavy atom. The van der Waals surface area contributed by atoms with E-state index in [-0.39, 0.29) is 5.91 Å². The van der Waals surface area contributed by atoms with Crippen LogP contribution in [-0.2, 0) is 11.2 Å². The van der Waals surface area contributed by atoms with Crippen LogP contribution in [0.4, 0.5) is 0 Å². The van der Waals surface area contributed by atoms with E-state index in [2.05, 4.69) is 60.6 Å². The molecule has 2 fully saturated rings. The summed E-state index contributed by atoms with van der Waals surface area (Å²) < 4.78 is 0. The molecule has 1 aromatic rings. The van der Waals surface area contributed by atoms with Crippen molar-refractivity contribution in [1.29, 1.82) is 0 Å². The standard InChI is InChI=1S/C26H43N5O/c1-4-27-26(29-18-24-12-8-9-14-30(24)19-21(2)3)28-17-23-16-25(32)31(20-23)15-13-22-10-6-5-7-11-22/h5-7,10-11,21,23-24H,4,8-9,12-20H2,1-3H3,(H2,27,28,29). The minimum atomic E-state index is 0.269. The Hall–Kier alpha value is -2.08. The van der Waals surface area contributed by atoms with Crippen molar-refractivity contribution in [2.24, 2.45) is 16.8 Å². The molecule has 0 radical (unpaired) electrons. The number of carbonyl (C=O) groups is 1. The van der Waals surface area contributed by atoms with E-state index in [4.69, 9.17) is 4.99 Å². The zero-order valence-corrected chi connectivity index (χ0v) is 20.4. The first-order valence-corrected chi connectivity index (χ1v) is 12.6. The zero-order valence-electron chi connectivity index (χ0n) is 20.4. The summed E-state index contributed by atoms with van der Waals surface area (Å²) >= 11 is 0. The minimum absolute atomic E-state index is 0.269. The second-order valence-corrected chi connectivity index (χ2v) is 9.78. The van der Waals surface area contributed by atoms with Crippen molar-refractivity contribution in [2.45, 2.75) is 58.9 Å². The van der Waals surface area contributed by atoms with Gasteiger partial charge in [0, 0.05) is 57.6 Å². The molecule has 2 heterocycles. The maximum Gasteiger partial charge on any atom is 0.223 e. The van der Waals surface area contributed by atoms with Gasteiger partial charge in [-0.25, -0.2) is 0 Å². The lowest BCUT2D eigenvalue weighted by Gasteiger charge is -2.37. The van der Waals surface area contributed by atoms with Crippen molar-refractivity contribution in [3.63, 3.8) is 0 Å². The van der Waals surface area contributed by atoms with Crippen molar-refractivity contribution in [1.82, 2.24) is 20.4 Å². The molecule has 32 heavy (non-hydrogen) atoms. The lowest BCUT2D eigenvalue weighted by Crippen LogP contribution is -2.50. The third-order valence-electron chi connectivity index (χ3n) is 6.51. The Morgan fingerprint density at radius 3 is 2.75 bits per heavy atom. The molecule has 2 unspecified atom stereocenters. The molecule has 3 rings (SSSR count). The molecule has 2 aliphatic rings. The van der Waals surface area contributed by atoms with Crippen LogP contribution in [0, 0.1) is 11.8 Å². The smallest absolute Gasteiger partial charge is 0.223 e. The summed E-state index contributed by atoms with van der Waals surface area (Å²) in [6.07, 6.45) is 5.42. The van der Waals surface area contributed by atoms with Crippen LogP contribution in [0.3, 0.4) is 0 Å². The summed E-state index contributed by atoms with van der Waals surface area (Å²) in [5.74, 6) is 2.16. The van der Waals surface area contributed by atoms with E-state index in [0.29, 0.717) is 30.8 Å². The molecule has 0 saturated carbocycles. The fourth-order valence-electron chi connectivity index (χ4n) is 4.88. The monoisotopic (exact) mass is 441 g/mol. The van der Waals surface area contributed by atoms with Gasteiger partial charge in [-0.05, 0) is 44.2 Å². The predicted molar refractivity (Wildman–Crippen MR) is 133 cm³/mol. The van der Waals surface area contributed by atoms with Crippen LogP contribution in [0.1, 0.15) is 52.0 Å². The Labute approximate surface area is 194 Å². The lowest BCUT2D eigenvalue weighted by molar-refractivity contribution is -0.127. The number of benzene rings is 1. The van der Waals surface area contributed by atoms with Gasteiger partial charge in [-0.2, -0.15) is 0 Å². The van der Waals surface area contributed by atoms with Crippen LogP contribution in [0.5, 0.6) is 0 Å². The van der Waals surface area contributed by atoms with Crippen LogP contribution in [0.25, 0.3) is 0 Å². The number of nitrogens with one attached hydrogen (secondary N) is 2. The molecular weight excluding hydrogens is 398 g/mol. The molecular formula is C26H43N5O. The average molecular weight is 442 g/mol. The van der Waals surface area contributed by atoms with Gasteiger partial charge < -0.3 is 15.5 Å². The first-order chi connectivity index (χ1) is 15.5. The Bertz CT molecular complexity index is 720. The van der Waals surface area contributed by atoms with Crippen LogP contribution >= 0.6 is 0 Å². The largest absolute Gasteiger partial charge is 0.357 e. The predicted octanol–water partition coefficient (Wildman–Crippen LogP) is 3.14. The highest BCUT2D eigenvalue weighted by atomic mass is 16.2. The highest BCUT2D eigenvalue weighted by Crippen LogP contribution is 2.19. The molecule has 6 heteroatoms. The molecule has 0 aromatic heterocycles. The van der Waals surface area contributed by atoms with E-state index in [1.54, 1.807) is 0 Å². The van der Waals surface area contributed by atoms with E-state index in [1.807, 2.05) is 11.0 Å². The summed E-state index contributed by atoms with van der Waals surface area (Å²) in [5, 5.41) is 6.98. The maximum atomic E-state index is 12.5. The average Bonchev–Trinajstić information content (AvgIpc) is 3.15. The van der Waals surface area contributed by atoms with E-state index in [0.717, 1.165) is 38.6 Å². The maximum absolute atomic E-state index is 12.5. The number of guanidine groups is 1. The fraction of sp³-hybridized carbons (Fsp3) is 0.692. The van der Waals surface area contributed by atoms with Gasteiger partial charge in [-0.3, -0.25) is 14.7 Å². The molecule has 2 N–H and O–H groups in total. The minimum Gasteiger partial charge on any atom is -0.357 e. The third kappa shape index (κ3) is 7.80. The van der Waals surface area contributed by atoms with Crippen LogP contribution < -0.4 is 10.6 Å². The van der Waals surface area contributed by atoms with E-state index in [1.165, 1.54) is 37.9 Å². The van der Waals surface area contributed by atoms with Gasteiger partial charge in [0.1, 0.15) is 0 Å². The van der Waals surface area contributed by atoms with Crippen LogP contribution in [0.15, 0.2) is 35.3 Å². The van der Waals surface area contributed by atoms with Crippen molar-refractivity contribution in [3.8, 4) is 0 Å². The molecule has 0 spiro atoms. The number of rotatable bonds is 10. The Morgan fingerprint density at radius 1 is 1.19 bits per heavy atom. The Kier molecular flexibility index (Phi) is 9.85. The summed E-state index contributed by atoms with van der Waals surface area (Å²) in [6.45, 7) is 13.2. The summed E-state index contributed by atoms with van der Waals surface area (Å²) in [4.78, 5) is 22.0. The highest BCUT2D eigenvalue weighted by molar-refractivity contribution is 5.80. The highest BCUT2D eigenvalue weighted by Gasteiger charge is 2.29. The number of aliphatic imine (C=N–C) groups is 1. The molecule has 1 amide bonds. The van der Waals surface area contributed by atoms with Gasteiger partial charge in [-0.1, -0.05) is 50.6 Å². The molecule has 178 valence electrons. The topological polar surface area (TPSA) is 60.0 Å². The molecule has 0 aliphatic carbocycles. The number of hydrogen-bond donors (Lipinski definition) is 2. The van der Waals surface area contributed by atoms with Crippen molar-refractivity contribution >= 4 is 11.9 Å². The lowest BCUT2D eigenvalue weighted by atomic mass is 10.0. The quantitative estimate of drug-likeness (QED) is 0.433. The number of carbonyl (C=O) groups excluding carboxylic acids is 1. The molecule has 1 aromatic carbocycles. The number of piperidine rings is 1. The molecule has 2 aliphatic heterocycles. The van der Waals surface area contributed by atoms with Crippen molar-refractivity contribution in [2.75, 3.05) is 45.8 Å². The van der Waals surface area contributed by atoms with Crippen molar-refractivity contribution < 1.29 is 4.79 Å². The van der Waals surface area contributed by atoms with Gasteiger partial charge in [0.25, 0.3) is 0 Å². The van der Waals surface area contributed by atoms with Crippen LogP contribution in [-0.4, -0.2) is 73.5 Å². The second-order valence-electron chi connectivity index (χ2n) is 9.78. The molecule has 2 atom stereocenters. The van der Waals surface area contributed by atoms with Gasteiger partial charge >= 0.3 is 0 Å². The number of hydrogen-bond acceptors (Lipinski definition) is 3. The second kappa shape index (κ2) is 12.8. The molecule has 0 bridgehead atoms. The third-order valence-corrected chi connectivity index (χ3v) is 6.51. The number of amides is 1. The van der Waals surface area contributed by atoms with Gasteiger partial charge in [-0.15, -0.1) is 0 Å². The first kappa shape index (κ1) is 24.6. The van der Waals surface area contributed by atoms with E-state index in [9.17, 15) is 4.79 Å². The normalized spacial score (nSPS) is 22.6. The SMILES string of the molecule is CCNC(=NCC1CC(=O)N(CCc2ccccc2)C1)NCC1CCCCN1CC(C)C. The summed E-state index contributed by atoms with van der Waals surface area (Å²) in [7, 11) is 0. The zero-order chi connectivity index (χ0) is 22.8. The van der Waals surface area contributed by atoms with E-state index < -0.39 is 0 Å². The van der Waals surface area contributed by atoms with Gasteiger partial charge in [0.2, 0.25) is 5.91 Å². The number of nitrogens with zero attached hydrogens (tertiary/aromatic N) is 3. The molecule has 6 nitrogen and oxygen atoms in total. The summed E-state index contributed by atoms with van der Waals surface area (Å²) in [5.41, 5.74) is 1.29. The van der Waals surface area contributed by atoms with Crippen LogP contribution in [0.2, 0.25) is 0 Å². The molecule has 2 saturated heterocycles. The fourth-order valence-corrected chi connectivity index (χ4v) is 4.88. The van der Waals surface area contributed by atoms with E-state index >= 15 is 0 Å². The summed E-state index contributed by atoms with van der Waals surface area (Å²) in [6, 6.07) is 11.0. The van der Waals surface area contributed by atoms with Gasteiger partial charge in [0.15, 0.2) is 5.96 Å². The first-order valence-electron chi connectivity index (χ1n) is 12.6.